The predicted octanol–water partition coefficient (Wildman–Crippen LogP) is 9.27. The van der Waals surface area contributed by atoms with Crippen molar-refractivity contribution in [2.24, 2.45) is 23.7 Å². The van der Waals surface area contributed by atoms with Gasteiger partial charge in [0.05, 0.1) is 6.10 Å². The second-order valence-corrected chi connectivity index (χ2v) is 11.2. The first kappa shape index (κ1) is 33.0. The summed E-state index contributed by atoms with van der Waals surface area (Å²) in [6.45, 7) is 8.26. The molecule has 0 aliphatic heterocycles. The zero-order chi connectivity index (χ0) is 25.4. The smallest absolute Gasteiger partial charge is 0.121 e. The first-order valence-corrected chi connectivity index (χ1v) is 14.1. The summed E-state index contributed by atoms with van der Waals surface area (Å²) in [6, 6.07) is 12.1. The van der Waals surface area contributed by atoms with Crippen LogP contribution in [0.15, 0.2) is 36.4 Å². The van der Waals surface area contributed by atoms with Gasteiger partial charge in [-0.05, 0) is 97.8 Å². The van der Waals surface area contributed by atoms with Crippen molar-refractivity contribution >= 4 is 0 Å². The molecule has 0 spiro atoms. The monoisotopic (exact) mass is 514 g/mol. The van der Waals surface area contributed by atoms with Crippen LogP contribution in [0.2, 0.25) is 0 Å². The zero-order valence-corrected chi connectivity index (χ0v) is 22.5. The lowest BCUT2D eigenvalue weighted by molar-refractivity contribution is 0.00977. The highest BCUT2D eigenvalue weighted by atomic mass is 16.3. The molecule has 0 saturated heterocycles. The molecule has 2 aliphatic rings. The summed E-state index contributed by atoms with van der Waals surface area (Å²) < 4.78 is 0. The standard InChI is InChI=1S/C23H36O2.C9H12O.2CH4.H2/c1-3-19-10-6-12-21(23(19)25)15-18-9-5-8-17(13-18)14-20-11-4-7-16(2)22(20)24;1-3-8-6-4-5-7(2)9(8)10;;;/h6,10,12,16-18,20,22,24-25H,3-5,7-9,11,13-15H2,1-2H3;4-6,10H,3H2,1-2H3;2*1H4;1H. The average Bonchev–Trinajstić information content (AvgIpc) is 2.86. The van der Waals surface area contributed by atoms with E-state index in [2.05, 4.69) is 26.0 Å². The molecular formula is C34H58O3. The Labute approximate surface area is 229 Å². The van der Waals surface area contributed by atoms with E-state index in [1.165, 1.54) is 51.4 Å². The molecule has 3 N–H and O–H groups in total. The molecule has 2 aliphatic carbocycles. The van der Waals surface area contributed by atoms with Gasteiger partial charge < -0.3 is 15.3 Å². The second-order valence-electron chi connectivity index (χ2n) is 11.2. The zero-order valence-electron chi connectivity index (χ0n) is 22.5. The quantitative estimate of drug-likeness (QED) is 0.360. The lowest BCUT2D eigenvalue weighted by Crippen LogP contribution is -2.34. The molecule has 37 heavy (non-hydrogen) atoms. The molecule has 2 aromatic rings. The van der Waals surface area contributed by atoms with Crippen LogP contribution in [0.5, 0.6) is 11.5 Å². The van der Waals surface area contributed by atoms with Crippen LogP contribution < -0.4 is 0 Å². The highest BCUT2D eigenvalue weighted by Gasteiger charge is 2.32. The number of aliphatic hydroxyl groups excluding tert-OH is 1. The Kier molecular flexibility index (Phi) is 14.3. The van der Waals surface area contributed by atoms with Crippen LogP contribution in [-0.4, -0.2) is 21.4 Å². The fourth-order valence-electron chi connectivity index (χ4n) is 6.41. The molecule has 4 rings (SSSR count). The number of rotatable bonds is 6. The lowest BCUT2D eigenvalue weighted by Gasteiger charge is -2.37. The van der Waals surface area contributed by atoms with Crippen LogP contribution >= 0.6 is 0 Å². The highest BCUT2D eigenvalue weighted by molar-refractivity contribution is 5.40. The van der Waals surface area contributed by atoms with E-state index in [1.54, 1.807) is 0 Å². The van der Waals surface area contributed by atoms with E-state index in [0.717, 1.165) is 47.4 Å². The molecule has 2 saturated carbocycles. The normalized spacial score (nSPS) is 25.2. The molecule has 5 atom stereocenters. The maximum atomic E-state index is 10.5. The van der Waals surface area contributed by atoms with Crippen molar-refractivity contribution in [3.05, 3.63) is 58.7 Å². The number of hydrogen-bond acceptors (Lipinski definition) is 3. The van der Waals surface area contributed by atoms with Crippen molar-refractivity contribution < 1.29 is 16.7 Å². The molecule has 3 nitrogen and oxygen atoms in total. The van der Waals surface area contributed by atoms with Crippen LogP contribution in [0.1, 0.15) is 111 Å². The number of aryl methyl sites for hydroxylation is 3. The molecule has 2 fully saturated rings. The lowest BCUT2D eigenvalue weighted by atomic mass is 9.70. The molecular weight excluding hydrogens is 456 g/mol. The predicted molar refractivity (Wildman–Crippen MR) is 162 cm³/mol. The summed E-state index contributed by atoms with van der Waals surface area (Å²) in [4.78, 5) is 0. The number of phenolic OH excluding ortho intramolecular Hbond substituents is 2. The minimum Gasteiger partial charge on any atom is -0.507 e. The van der Waals surface area contributed by atoms with Gasteiger partial charge in [0.2, 0.25) is 0 Å². The minimum absolute atomic E-state index is 0. The Morgan fingerprint density at radius 2 is 1.35 bits per heavy atom. The number of phenols is 2. The summed E-state index contributed by atoms with van der Waals surface area (Å²) in [5.41, 5.74) is 4.19. The Morgan fingerprint density at radius 3 is 2.00 bits per heavy atom. The van der Waals surface area contributed by atoms with Crippen molar-refractivity contribution in [3.8, 4) is 11.5 Å². The third-order valence-corrected chi connectivity index (χ3v) is 8.62. The van der Waals surface area contributed by atoms with E-state index in [1.807, 2.05) is 38.1 Å². The molecule has 212 valence electrons. The van der Waals surface area contributed by atoms with Gasteiger partial charge in [-0.25, -0.2) is 0 Å². The van der Waals surface area contributed by atoms with Crippen molar-refractivity contribution in [2.45, 2.75) is 119 Å². The number of benzene rings is 2. The second kappa shape index (κ2) is 16.1. The minimum atomic E-state index is -0.0839. The topological polar surface area (TPSA) is 60.7 Å². The van der Waals surface area contributed by atoms with Crippen LogP contribution in [0.4, 0.5) is 0 Å². The van der Waals surface area contributed by atoms with Gasteiger partial charge >= 0.3 is 0 Å². The van der Waals surface area contributed by atoms with Gasteiger partial charge in [-0.3, -0.25) is 0 Å². The van der Waals surface area contributed by atoms with E-state index in [-0.39, 0.29) is 22.4 Å². The van der Waals surface area contributed by atoms with E-state index in [4.69, 9.17) is 0 Å². The Bertz CT molecular complexity index is 928. The van der Waals surface area contributed by atoms with Crippen molar-refractivity contribution in [3.63, 3.8) is 0 Å². The number of para-hydroxylation sites is 2. The Balaban J connectivity index is 0.000000901. The van der Waals surface area contributed by atoms with Gasteiger partial charge in [0.15, 0.2) is 0 Å². The highest BCUT2D eigenvalue weighted by Crippen LogP contribution is 2.40. The van der Waals surface area contributed by atoms with E-state index < -0.39 is 0 Å². The summed E-state index contributed by atoms with van der Waals surface area (Å²) in [5.74, 6) is 3.43. The summed E-state index contributed by atoms with van der Waals surface area (Å²) in [5, 5.41) is 30.4. The fraction of sp³-hybridized carbons (Fsp3) is 0.647. The molecule has 0 radical (unpaired) electrons. The van der Waals surface area contributed by atoms with Gasteiger partial charge in [-0.2, -0.15) is 0 Å². The summed E-state index contributed by atoms with van der Waals surface area (Å²) in [6.07, 6.45) is 12.8. The van der Waals surface area contributed by atoms with E-state index in [0.29, 0.717) is 29.3 Å². The van der Waals surface area contributed by atoms with Gasteiger partial charge in [-0.1, -0.05) is 97.7 Å². The van der Waals surface area contributed by atoms with Crippen molar-refractivity contribution in [1.29, 1.82) is 0 Å². The van der Waals surface area contributed by atoms with Crippen LogP contribution in [0, 0.1) is 30.6 Å². The largest absolute Gasteiger partial charge is 0.507 e. The van der Waals surface area contributed by atoms with Crippen LogP contribution in [-0.2, 0) is 19.3 Å². The first-order valence-electron chi connectivity index (χ1n) is 14.1. The summed E-state index contributed by atoms with van der Waals surface area (Å²) in [7, 11) is 0. The molecule has 3 heteroatoms. The van der Waals surface area contributed by atoms with Crippen LogP contribution in [0.3, 0.4) is 0 Å². The number of aromatic hydroxyl groups is 2. The summed E-state index contributed by atoms with van der Waals surface area (Å²) >= 11 is 0. The van der Waals surface area contributed by atoms with Crippen molar-refractivity contribution in [2.75, 3.05) is 0 Å². The Morgan fingerprint density at radius 1 is 0.784 bits per heavy atom. The van der Waals surface area contributed by atoms with Gasteiger partial charge in [0.1, 0.15) is 11.5 Å². The third kappa shape index (κ3) is 9.06. The van der Waals surface area contributed by atoms with Gasteiger partial charge in [-0.15, -0.1) is 0 Å². The molecule has 0 heterocycles. The maximum absolute atomic E-state index is 10.5. The number of hydrogen-bond donors (Lipinski definition) is 3. The number of aliphatic hydroxyl groups is 1. The molecule has 0 bridgehead atoms. The first-order chi connectivity index (χ1) is 16.8. The van der Waals surface area contributed by atoms with Crippen LogP contribution in [0.25, 0.3) is 0 Å². The molecule has 0 aromatic heterocycles. The molecule has 5 unspecified atom stereocenters. The molecule has 0 amide bonds. The third-order valence-electron chi connectivity index (χ3n) is 8.62. The average molecular weight is 515 g/mol. The maximum Gasteiger partial charge on any atom is 0.121 e. The fourth-order valence-corrected chi connectivity index (χ4v) is 6.41. The van der Waals surface area contributed by atoms with Crippen molar-refractivity contribution in [1.82, 2.24) is 0 Å². The van der Waals surface area contributed by atoms with Gasteiger partial charge in [0.25, 0.3) is 0 Å². The molecule has 2 aromatic carbocycles. The van der Waals surface area contributed by atoms with E-state index in [9.17, 15) is 15.3 Å². The SMILES string of the molecule is C.C.CCc1cccc(C)c1O.CCc1cccc(CC2CCCC(CC3CCCC(C)C3O)C2)c1O.[HH]. The van der Waals surface area contributed by atoms with E-state index >= 15 is 0 Å². The van der Waals surface area contributed by atoms with Gasteiger partial charge in [0, 0.05) is 1.43 Å². The Hall–Kier alpha value is -2.00.